The molecule has 60 heavy (non-hydrogen) atoms. The van der Waals surface area contributed by atoms with Gasteiger partial charge in [0, 0.05) is 37.4 Å². The van der Waals surface area contributed by atoms with E-state index in [1.165, 1.54) is 55.3 Å². The van der Waals surface area contributed by atoms with Crippen LogP contribution in [0.25, 0.3) is 61.3 Å². The van der Waals surface area contributed by atoms with Crippen molar-refractivity contribution in [2.75, 3.05) is 0 Å². The van der Waals surface area contributed by atoms with Crippen LogP contribution < -0.4 is 5.19 Å². The van der Waals surface area contributed by atoms with Gasteiger partial charge in [-0.3, -0.25) is 4.98 Å². The zero-order chi connectivity index (χ0) is 40.8. The van der Waals surface area contributed by atoms with Crippen molar-refractivity contribution in [3.8, 4) is 28.3 Å². The summed E-state index contributed by atoms with van der Waals surface area (Å²) in [7, 11) is -1.38. The van der Waals surface area contributed by atoms with Crippen LogP contribution in [0.3, 0.4) is 0 Å². The number of rotatable bonds is 8. The fraction of sp³-hybridized carbons (Fsp3) is 0.333. The molecule has 0 saturated heterocycles. The summed E-state index contributed by atoms with van der Waals surface area (Å²) in [5.74, 6) is 4.48. The molecule has 0 amide bonds. The molecule has 3 heterocycles. The summed E-state index contributed by atoms with van der Waals surface area (Å²) in [6.45, 7) is 16.4. The van der Waals surface area contributed by atoms with Gasteiger partial charge < -0.3 is 14.0 Å². The second-order valence-corrected chi connectivity index (χ2v) is 23.8. The molecule has 3 aliphatic carbocycles. The second kappa shape index (κ2) is 17.4. The molecule has 2 bridgehead atoms. The number of aromatic nitrogens is 3. The van der Waals surface area contributed by atoms with Crippen LogP contribution in [-0.2, 0) is 26.5 Å². The van der Waals surface area contributed by atoms with E-state index < -0.39 is 8.07 Å². The normalized spacial score (nSPS) is 17.6. The number of para-hydroxylation sites is 4. The van der Waals surface area contributed by atoms with Gasteiger partial charge in [-0.15, -0.1) is 54.1 Å². The van der Waals surface area contributed by atoms with Gasteiger partial charge in [-0.25, -0.2) is 0 Å². The Morgan fingerprint density at radius 1 is 0.767 bits per heavy atom. The number of imidazole rings is 1. The van der Waals surface area contributed by atoms with Crippen molar-refractivity contribution < 1.29 is 24.5 Å². The molecule has 3 aliphatic rings. The second-order valence-electron chi connectivity index (χ2n) is 18.8. The molecule has 309 valence electrons. The summed E-state index contributed by atoms with van der Waals surface area (Å²) in [6, 6.07) is 44.8. The minimum Gasteiger partial charge on any atom is -0.501 e. The molecular formula is C54H57IrN3OSi-2. The Labute approximate surface area is 371 Å². The van der Waals surface area contributed by atoms with Gasteiger partial charge in [0.25, 0.3) is 0 Å². The summed E-state index contributed by atoms with van der Waals surface area (Å²) in [5.41, 5.74) is 12.3. The maximum Gasteiger partial charge on any atom is 0.120 e. The van der Waals surface area contributed by atoms with E-state index in [1.54, 1.807) is 10.8 Å². The maximum atomic E-state index is 6.40. The Bertz CT molecular complexity index is 2720. The Hall–Kier alpha value is -4.61. The van der Waals surface area contributed by atoms with Crippen LogP contribution in [0.5, 0.6) is 0 Å². The number of nitrogens with zero attached hydrogens (tertiary/aromatic N) is 3. The number of benzene rings is 5. The summed E-state index contributed by atoms with van der Waals surface area (Å²) >= 11 is 0. The maximum absolute atomic E-state index is 6.40. The van der Waals surface area contributed by atoms with Crippen molar-refractivity contribution in [3.63, 3.8) is 0 Å². The molecule has 3 fully saturated rings. The minimum atomic E-state index is -1.38. The van der Waals surface area contributed by atoms with E-state index in [0.717, 1.165) is 73.4 Å². The van der Waals surface area contributed by atoms with Gasteiger partial charge in [-0.2, -0.15) is 0 Å². The quantitative estimate of drug-likeness (QED) is 0.113. The van der Waals surface area contributed by atoms with E-state index in [1.807, 2.05) is 36.4 Å². The number of hydrogen-bond acceptors (Lipinski definition) is 3. The first kappa shape index (κ1) is 42.1. The number of pyridine rings is 1. The first-order valence-corrected chi connectivity index (χ1v) is 25.4. The molecule has 1 atom stereocenters. The van der Waals surface area contributed by atoms with Crippen LogP contribution in [0.4, 0.5) is 0 Å². The third-order valence-electron chi connectivity index (χ3n) is 13.1. The van der Waals surface area contributed by atoms with Crippen molar-refractivity contribution in [1.82, 2.24) is 14.5 Å². The van der Waals surface area contributed by atoms with E-state index >= 15 is 0 Å². The van der Waals surface area contributed by atoms with E-state index in [0.29, 0.717) is 11.8 Å². The first-order chi connectivity index (χ1) is 28.5. The molecule has 1 radical (unpaired) electrons. The average molecular weight is 984 g/mol. The molecule has 0 N–H and O–H groups in total. The summed E-state index contributed by atoms with van der Waals surface area (Å²) < 4.78 is 8.73. The van der Waals surface area contributed by atoms with Gasteiger partial charge in [0.05, 0.1) is 30.5 Å². The van der Waals surface area contributed by atoms with Crippen molar-refractivity contribution in [3.05, 3.63) is 144 Å². The van der Waals surface area contributed by atoms with Crippen LogP contribution in [0.15, 0.2) is 120 Å². The molecule has 3 saturated carbocycles. The number of furan rings is 1. The number of fused-ring (bicyclic) bond motifs is 7. The third-order valence-corrected chi connectivity index (χ3v) is 15.2. The smallest absolute Gasteiger partial charge is 0.120 e. The molecule has 3 aromatic heterocycles. The van der Waals surface area contributed by atoms with Gasteiger partial charge in [-0.05, 0) is 95.5 Å². The standard InChI is InChI=1S/C31H27N2O.C23H30NSi.Ir/c1-19(2)21-12-9-13-22(20(3)4)29(21)33-27-17-7-6-16-26(27)32-31(33)25-15-10-14-24-23-11-5-8-18-28(23)34-30(24)25;1-25(2,3)23-16-24-22(19-7-5-4-6-8-19)15-21(23)14-20-13-17-9-11-18(20)12-10-17;/h5-14,16-20H,1-4H3;4-7,15-18,20H,9-14H2,1-3H3;/q2*-1;. The molecule has 0 spiro atoms. The van der Waals surface area contributed by atoms with E-state index in [4.69, 9.17) is 14.4 Å². The van der Waals surface area contributed by atoms with Crippen LogP contribution in [0.2, 0.25) is 19.6 Å². The van der Waals surface area contributed by atoms with E-state index in [9.17, 15) is 0 Å². The predicted octanol–water partition coefficient (Wildman–Crippen LogP) is 14.1. The summed E-state index contributed by atoms with van der Waals surface area (Å²) in [5, 5.41) is 3.76. The van der Waals surface area contributed by atoms with E-state index in [2.05, 4.69) is 143 Å². The Balaban J connectivity index is 0.000000171. The van der Waals surface area contributed by atoms with Crippen molar-refractivity contribution in [2.24, 2.45) is 17.8 Å². The monoisotopic (exact) mass is 984 g/mol. The zero-order valence-electron chi connectivity index (χ0n) is 36.2. The fourth-order valence-corrected chi connectivity index (χ4v) is 11.7. The van der Waals surface area contributed by atoms with Crippen molar-refractivity contribution in [1.29, 1.82) is 0 Å². The van der Waals surface area contributed by atoms with Crippen LogP contribution >= 0.6 is 0 Å². The Morgan fingerprint density at radius 3 is 2.17 bits per heavy atom. The molecule has 0 aliphatic heterocycles. The number of hydrogen-bond donors (Lipinski definition) is 0. The summed E-state index contributed by atoms with van der Waals surface area (Å²) in [6.07, 6.45) is 10.8. The molecule has 5 aromatic carbocycles. The average Bonchev–Trinajstić information content (AvgIpc) is 3.83. The van der Waals surface area contributed by atoms with Crippen LogP contribution in [-0.4, -0.2) is 22.6 Å². The Morgan fingerprint density at radius 2 is 1.48 bits per heavy atom. The predicted molar refractivity (Wildman–Crippen MR) is 250 cm³/mol. The molecular weight excluding hydrogens is 927 g/mol. The molecule has 4 nitrogen and oxygen atoms in total. The molecule has 6 heteroatoms. The first-order valence-electron chi connectivity index (χ1n) is 21.9. The van der Waals surface area contributed by atoms with Gasteiger partial charge in [0.2, 0.25) is 0 Å². The molecule has 1 unspecified atom stereocenters. The minimum absolute atomic E-state index is 0. The van der Waals surface area contributed by atoms with Gasteiger partial charge in [0.1, 0.15) is 5.58 Å². The van der Waals surface area contributed by atoms with Gasteiger partial charge >= 0.3 is 0 Å². The van der Waals surface area contributed by atoms with Gasteiger partial charge in [0.15, 0.2) is 0 Å². The van der Waals surface area contributed by atoms with Gasteiger partial charge in [-0.1, -0.05) is 131 Å². The fourth-order valence-electron chi connectivity index (χ4n) is 10.1. The SMILES string of the molecule is CC(C)c1cccc(C(C)C)c1-n1c(-c2[c-]ccc3c2oc2ccccc23)nc2ccccc21.C[Si](C)(C)c1cnc(-c2[c-]cccc2)cc1CC1CC2CCC1CC2.[Ir]. The molecule has 11 rings (SSSR count). The largest absolute Gasteiger partial charge is 0.501 e. The van der Waals surface area contributed by atoms with Crippen molar-refractivity contribution >= 4 is 46.2 Å². The summed E-state index contributed by atoms with van der Waals surface area (Å²) in [4.78, 5) is 9.97. The van der Waals surface area contributed by atoms with Crippen molar-refractivity contribution in [2.45, 2.75) is 97.7 Å². The zero-order valence-corrected chi connectivity index (χ0v) is 39.6. The Kier molecular flexibility index (Phi) is 12.2. The van der Waals surface area contributed by atoms with E-state index in [-0.39, 0.29) is 20.1 Å². The third kappa shape index (κ3) is 8.11. The topological polar surface area (TPSA) is 43.9 Å². The molecule has 8 aromatic rings. The van der Waals surface area contributed by atoms with Crippen LogP contribution in [0, 0.1) is 29.9 Å². The van der Waals surface area contributed by atoms with Crippen LogP contribution in [0.1, 0.15) is 88.3 Å².